The van der Waals surface area contributed by atoms with E-state index in [0.29, 0.717) is 4.21 Å². The summed E-state index contributed by atoms with van der Waals surface area (Å²) in [6, 6.07) is 7.11. The SMILES string of the molecule is CCc1ccc(S(=O)(=O)N(C)CC(O)c2cccs2)s1. The molecule has 110 valence electrons. The summed E-state index contributed by atoms with van der Waals surface area (Å²) < 4.78 is 26.3. The van der Waals surface area contributed by atoms with Gasteiger partial charge in [0.2, 0.25) is 0 Å². The Balaban J connectivity index is 2.13. The van der Waals surface area contributed by atoms with Crippen molar-refractivity contribution < 1.29 is 13.5 Å². The van der Waals surface area contributed by atoms with Crippen LogP contribution in [0.25, 0.3) is 0 Å². The van der Waals surface area contributed by atoms with Gasteiger partial charge in [0.15, 0.2) is 0 Å². The van der Waals surface area contributed by atoms with Gasteiger partial charge < -0.3 is 5.11 Å². The molecule has 7 heteroatoms. The van der Waals surface area contributed by atoms with Gasteiger partial charge in [0, 0.05) is 23.3 Å². The average molecular weight is 331 g/mol. The number of hydrogen-bond donors (Lipinski definition) is 1. The van der Waals surface area contributed by atoms with E-state index in [2.05, 4.69) is 0 Å². The molecule has 0 aliphatic carbocycles. The summed E-state index contributed by atoms with van der Waals surface area (Å²) in [5.74, 6) is 0. The molecule has 0 aromatic carbocycles. The Labute approximate surface area is 127 Å². The lowest BCUT2D eigenvalue weighted by Gasteiger charge is -2.19. The van der Waals surface area contributed by atoms with E-state index in [9.17, 15) is 13.5 Å². The lowest BCUT2D eigenvalue weighted by atomic mass is 10.3. The molecule has 0 spiro atoms. The molecule has 1 atom stereocenters. The Hall–Kier alpha value is -0.730. The molecule has 2 aromatic heterocycles. The van der Waals surface area contributed by atoms with Crippen LogP contribution in [0.1, 0.15) is 22.8 Å². The van der Waals surface area contributed by atoms with Gasteiger partial charge in [-0.25, -0.2) is 8.42 Å². The molecule has 0 saturated carbocycles. The van der Waals surface area contributed by atoms with Crippen molar-refractivity contribution in [1.29, 1.82) is 0 Å². The van der Waals surface area contributed by atoms with E-state index in [1.165, 1.54) is 34.0 Å². The van der Waals surface area contributed by atoms with E-state index in [0.717, 1.165) is 16.2 Å². The Kier molecular flexibility index (Phi) is 4.98. The number of likely N-dealkylation sites (N-methyl/N-ethyl adjacent to an activating group) is 1. The molecule has 4 nitrogen and oxygen atoms in total. The van der Waals surface area contributed by atoms with Crippen molar-refractivity contribution in [2.75, 3.05) is 13.6 Å². The highest BCUT2D eigenvalue weighted by atomic mass is 32.2. The van der Waals surface area contributed by atoms with Gasteiger partial charge in [-0.3, -0.25) is 0 Å². The van der Waals surface area contributed by atoms with Gasteiger partial charge in [-0.1, -0.05) is 13.0 Å². The first kappa shape index (κ1) is 15.7. The van der Waals surface area contributed by atoms with Gasteiger partial charge in [0.1, 0.15) is 10.3 Å². The van der Waals surface area contributed by atoms with Crippen LogP contribution in [-0.2, 0) is 16.4 Å². The molecule has 1 N–H and O–H groups in total. The van der Waals surface area contributed by atoms with Crippen LogP contribution in [0.2, 0.25) is 0 Å². The molecular formula is C13H17NO3S3. The molecular weight excluding hydrogens is 314 g/mol. The zero-order valence-electron chi connectivity index (χ0n) is 11.3. The minimum atomic E-state index is -3.52. The van der Waals surface area contributed by atoms with E-state index in [-0.39, 0.29) is 6.54 Å². The Morgan fingerprint density at radius 2 is 2.10 bits per heavy atom. The zero-order chi connectivity index (χ0) is 14.8. The minimum absolute atomic E-state index is 0.0577. The molecule has 0 aliphatic rings. The van der Waals surface area contributed by atoms with E-state index < -0.39 is 16.1 Å². The van der Waals surface area contributed by atoms with Crippen LogP contribution >= 0.6 is 22.7 Å². The Morgan fingerprint density at radius 1 is 1.35 bits per heavy atom. The quantitative estimate of drug-likeness (QED) is 0.885. The zero-order valence-corrected chi connectivity index (χ0v) is 13.8. The van der Waals surface area contributed by atoms with Crippen LogP contribution in [0.5, 0.6) is 0 Å². The van der Waals surface area contributed by atoms with Crippen LogP contribution < -0.4 is 0 Å². The summed E-state index contributed by atoms with van der Waals surface area (Å²) in [7, 11) is -2.02. The summed E-state index contributed by atoms with van der Waals surface area (Å²) >= 11 is 2.70. The van der Waals surface area contributed by atoms with Crippen molar-refractivity contribution in [2.24, 2.45) is 0 Å². The maximum absolute atomic E-state index is 12.4. The summed E-state index contributed by atoms with van der Waals surface area (Å²) in [5, 5.41) is 11.9. The number of aliphatic hydroxyl groups excluding tert-OH is 1. The number of sulfonamides is 1. The highest BCUT2D eigenvalue weighted by Crippen LogP contribution is 2.26. The van der Waals surface area contributed by atoms with Crippen LogP contribution in [-0.4, -0.2) is 31.4 Å². The maximum Gasteiger partial charge on any atom is 0.252 e. The van der Waals surface area contributed by atoms with E-state index in [1.54, 1.807) is 12.1 Å². The highest BCUT2D eigenvalue weighted by molar-refractivity contribution is 7.91. The molecule has 0 amide bonds. The first-order valence-electron chi connectivity index (χ1n) is 6.21. The van der Waals surface area contributed by atoms with Crippen molar-refractivity contribution in [1.82, 2.24) is 4.31 Å². The normalized spacial score (nSPS) is 13.8. The third kappa shape index (κ3) is 3.29. The first-order chi connectivity index (χ1) is 9.45. The third-order valence-electron chi connectivity index (χ3n) is 2.95. The number of nitrogens with zero attached hydrogens (tertiary/aromatic N) is 1. The van der Waals surface area contributed by atoms with Crippen molar-refractivity contribution >= 4 is 32.7 Å². The summed E-state index contributed by atoms with van der Waals surface area (Å²) in [4.78, 5) is 1.81. The second-order valence-electron chi connectivity index (χ2n) is 4.39. The Morgan fingerprint density at radius 3 is 2.65 bits per heavy atom. The van der Waals surface area contributed by atoms with Crippen LogP contribution in [0.3, 0.4) is 0 Å². The second-order valence-corrected chi connectivity index (χ2v) is 8.81. The van der Waals surface area contributed by atoms with E-state index >= 15 is 0 Å². The smallest absolute Gasteiger partial charge is 0.252 e. The van der Waals surface area contributed by atoms with Crippen molar-refractivity contribution in [3.63, 3.8) is 0 Å². The predicted molar refractivity (Wildman–Crippen MR) is 82.8 cm³/mol. The first-order valence-corrected chi connectivity index (χ1v) is 9.35. The minimum Gasteiger partial charge on any atom is -0.386 e. The van der Waals surface area contributed by atoms with E-state index in [4.69, 9.17) is 0 Å². The topological polar surface area (TPSA) is 57.6 Å². The molecule has 1 unspecified atom stereocenters. The fourth-order valence-electron chi connectivity index (χ4n) is 1.75. The van der Waals surface area contributed by atoms with Gasteiger partial charge in [0.25, 0.3) is 10.0 Å². The predicted octanol–water partition coefficient (Wildman–Crippen LogP) is 2.73. The lowest BCUT2D eigenvalue weighted by molar-refractivity contribution is 0.158. The standard InChI is InChI=1S/C13H17NO3S3/c1-3-10-6-7-13(19-10)20(16,17)14(2)9-11(15)12-5-4-8-18-12/h4-8,11,15H,3,9H2,1-2H3. The molecule has 2 aromatic rings. The third-order valence-corrected chi connectivity index (χ3v) is 7.45. The van der Waals surface area contributed by atoms with Crippen molar-refractivity contribution in [3.05, 3.63) is 39.4 Å². The second kappa shape index (κ2) is 6.36. The van der Waals surface area contributed by atoms with Gasteiger partial charge in [-0.05, 0) is 30.0 Å². The van der Waals surface area contributed by atoms with Crippen molar-refractivity contribution in [3.8, 4) is 0 Å². The number of thiophene rings is 2. The van der Waals surface area contributed by atoms with Gasteiger partial charge in [0.05, 0.1) is 0 Å². The molecule has 0 radical (unpaired) electrons. The molecule has 0 aliphatic heterocycles. The van der Waals surface area contributed by atoms with E-state index in [1.807, 2.05) is 24.4 Å². The molecule has 0 bridgehead atoms. The van der Waals surface area contributed by atoms with Crippen molar-refractivity contribution in [2.45, 2.75) is 23.7 Å². The number of hydrogen-bond acceptors (Lipinski definition) is 5. The number of aryl methyl sites for hydroxylation is 1. The molecule has 2 rings (SSSR count). The lowest BCUT2D eigenvalue weighted by Crippen LogP contribution is -2.30. The van der Waals surface area contributed by atoms with Gasteiger partial charge in [-0.2, -0.15) is 4.31 Å². The van der Waals surface area contributed by atoms with Crippen LogP contribution in [0, 0.1) is 0 Å². The molecule has 20 heavy (non-hydrogen) atoms. The van der Waals surface area contributed by atoms with Crippen LogP contribution in [0.4, 0.5) is 0 Å². The number of rotatable bonds is 6. The Bertz CT molecular complexity index is 646. The monoisotopic (exact) mass is 331 g/mol. The summed E-state index contributed by atoms with van der Waals surface area (Å²) in [5.41, 5.74) is 0. The van der Waals surface area contributed by atoms with Crippen LogP contribution in [0.15, 0.2) is 33.9 Å². The van der Waals surface area contributed by atoms with Gasteiger partial charge >= 0.3 is 0 Å². The molecule has 0 saturated heterocycles. The average Bonchev–Trinajstić information content (AvgIpc) is 3.09. The molecule has 0 fully saturated rings. The van der Waals surface area contributed by atoms with Gasteiger partial charge in [-0.15, -0.1) is 22.7 Å². The molecule has 2 heterocycles. The summed E-state index contributed by atoms with van der Waals surface area (Å²) in [6.07, 6.45) is 0.0298. The largest absolute Gasteiger partial charge is 0.386 e. The fourth-order valence-corrected chi connectivity index (χ4v) is 5.14. The maximum atomic E-state index is 12.4. The number of aliphatic hydroxyl groups is 1. The highest BCUT2D eigenvalue weighted by Gasteiger charge is 2.25. The fraction of sp³-hybridized carbons (Fsp3) is 0.385. The summed E-state index contributed by atoms with van der Waals surface area (Å²) in [6.45, 7) is 2.05.